The lowest BCUT2D eigenvalue weighted by Gasteiger charge is -2.17. The van der Waals surface area contributed by atoms with Crippen LogP contribution in [0.5, 0.6) is 0 Å². The van der Waals surface area contributed by atoms with Crippen LogP contribution in [0.1, 0.15) is 45.4 Å². The Kier molecular flexibility index (Phi) is 4.30. The Hall–Kier alpha value is -0.370. The van der Waals surface area contributed by atoms with E-state index in [2.05, 4.69) is 5.32 Å². The molecule has 1 aliphatic carbocycles. The molecule has 1 N–H and O–H groups in total. The lowest BCUT2D eigenvalue weighted by Crippen LogP contribution is -2.36. The number of hydrogen-bond acceptors (Lipinski definition) is 2. The Morgan fingerprint density at radius 1 is 1.25 bits per heavy atom. The average Bonchev–Trinajstić information content (AvgIpc) is 2.33. The summed E-state index contributed by atoms with van der Waals surface area (Å²) in [6.45, 7) is 1.93. The first-order chi connectivity index (χ1) is 5.83. The predicted octanol–water partition coefficient (Wildman–Crippen LogP) is 1.89. The van der Waals surface area contributed by atoms with E-state index in [4.69, 9.17) is 0 Å². The molecular weight excluding hydrogens is 150 g/mol. The SMILES string of the molecule is CC(C=O)NC1CCCCCC1. The summed E-state index contributed by atoms with van der Waals surface area (Å²) in [4.78, 5) is 10.4. The van der Waals surface area contributed by atoms with Crippen molar-refractivity contribution in [3.05, 3.63) is 0 Å². The van der Waals surface area contributed by atoms with Gasteiger partial charge in [-0.15, -0.1) is 0 Å². The van der Waals surface area contributed by atoms with Crippen LogP contribution in [-0.2, 0) is 4.79 Å². The van der Waals surface area contributed by atoms with Crippen LogP contribution in [0.25, 0.3) is 0 Å². The molecular formula is C10H19NO. The fourth-order valence-electron chi connectivity index (χ4n) is 1.86. The van der Waals surface area contributed by atoms with Crippen molar-refractivity contribution >= 4 is 6.29 Å². The lowest BCUT2D eigenvalue weighted by molar-refractivity contribution is -0.109. The third kappa shape index (κ3) is 3.35. The van der Waals surface area contributed by atoms with E-state index in [1.54, 1.807) is 0 Å². The van der Waals surface area contributed by atoms with Crippen molar-refractivity contribution in [2.24, 2.45) is 0 Å². The molecule has 12 heavy (non-hydrogen) atoms. The van der Waals surface area contributed by atoms with Gasteiger partial charge in [-0.3, -0.25) is 0 Å². The molecule has 2 heteroatoms. The topological polar surface area (TPSA) is 29.1 Å². The van der Waals surface area contributed by atoms with Crippen molar-refractivity contribution in [1.29, 1.82) is 0 Å². The smallest absolute Gasteiger partial charge is 0.136 e. The van der Waals surface area contributed by atoms with Crippen molar-refractivity contribution in [3.63, 3.8) is 0 Å². The van der Waals surface area contributed by atoms with Crippen molar-refractivity contribution in [2.45, 2.75) is 57.5 Å². The van der Waals surface area contributed by atoms with Gasteiger partial charge in [-0.2, -0.15) is 0 Å². The molecule has 0 bridgehead atoms. The van der Waals surface area contributed by atoms with Crippen LogP contribution >= 0.6 is 0 Å². The zero-order valence-corrected chi connectivity index (χ0v) is 7.88. The number of rotatable bonds is 3. The van der Waals surface area contributed by atoms with Crippen LogP contribution < -0.4 is 5.32 Å². The summed E-state index contributed by atoms with van der Waals surface area (Å²) in [7, 11) is 0. The molecule has 0 aromatic heterocycles. The number of hydrogen-bond donors (Lipinski definition) is 1. The summed E-state index contributed by atoms with van der Waals surface area (Å²) in [6, 6.07) is 0.626. The summed E-state index contributed by atoms with van der Waals surface area (Å²) in [5, 5.41) is 3.34. The van der Waals surface area contributed by atoms with E-state index in [9.17, 15) is 4.79 Å². The van der Waals surface area contributed by atoms with E-state index in [1.807, 2.05) is 6.92 Å². The maximum Gasteiger partial charge on any atom is 0.136 e. The fourth-order valence-corrected chi connectivity index (χ4v) is 1.86. The minimum Gasteiger partial charge on any atom is -0.305 e. The van der Waals surface area contributed by atoms with Gasteiger partial charge in [0.15, 0.2) is 0 Å². The Bertz CT molecular complexity index is 128. The minimum atomic E-state index is 0.0353. The molecule has 1 saturated carbocycles. The highest BCUT2D eigenvalue weighted by Crippen LogP contribution is 2.17. The normalized spacial score (nSPS) is 23.1. The van der Waals surface area contributed by atoms with Crippen LogP contribution in [0.2, 0.25) is 0 Å². The molecule has 70 valence electrons. The van der Waals surface area contributed by atoms with Gasteiger partial charge in [-0.25, -0.2) is 0 Å². The molecule has 0 aromatic rings. The summed E-state index contributed by atoms with van der Waals surface area (Å²) >= 11 is 0. The van der Waals surface area contributed by atoms with E-state index >= 15 is 0 Å². The van der Waals surface area contributed by atoms with Gasteiger partial charge in [0.05, 0.1) is 6.04 Å². The molecule has 0 aromatic carbocycles. The van der Waals surface area contributed by atoms with Crippen LogP contribution in [0.3, 0.4) is 0 Å². The van der Waals surface area contributed by atoms with Gasteiger partial charge in [0.1, 0.15) is 6.29 Å². The Morgan fingerprint density at radius 2 is 1.83 bits per heavy atom. The highest BCUT2D eigenvalue weighted by Gasteiger charge is 2.13. The standard InChI is InChI=1S/C10H19NO/c1-9(8-12)11-10-6-4-2-3-5-7-10/h8-11H,2-7H2,1H3. The van der Waals surface area contributed by atoms with Gasteiger partial charge >= 0.3 is 0 Å². The molecule has 0 saturated heterocycles. The quantitative estimate of drug-likeness (QED) is 0.516. The number of carbonyl (C=O) groups is 1. The van der Waals surface area contributed by atoms with E-state index < -0.39 is 0 Å². The number of aldehydes is 1. The van der Waals surface area contributed by atoms with Crippen LogP contribution in [0, 0.1) is 0 Å². The zero-order chi connectivity index (χ0) is 8.81. The van der Waals surface area contributed by atoms with Crippen molar-refractivity contribution in [1.82, 2.24) is 5.32 Å². The van der Waals surface area contributed by atoms with Crippen LogP contribution in [-0.4, -0.2) is 18.4 Å². The molecule has 0 amide bonds. The maximum atomic E-state index is 10.4. The average molecular weight is 169 g/mol. The van der Waals surface area contributed by atoms with Crippen molar-refractivity contribution in [2.75, 3.05) is 0 Å². The van der Waals surface area contributed by atoms with Gasteiger partial charge in [0.25, 0.3) is 0 Å². The van der Waals surface area contributed by atoms with Crippen LogP contribution in [0.4, 0.5) is 0 Å². The van der Waals surface area contributed by atoms with Crippen molar-refractivity contribution < 1.29 is 4.79 Å². The van der Waals surface area contributed by atoms with E-state index in [0.29, 0.717) is 6.04 Å². The molecule has 1 fully saturated rings. The molecule has 0 heterocycles. The number of carbonyl (C=O) groups excluding carboxylic acids is 1. The van der Waals surface area contributed by atoms with Crippen LogP contribution in [0.15, 0.2) is 0 Å². The summed E-state index contributed by atoms with van der Waals surface area (Å²) < 4.78 is 0. The van der Waals surface area contributed by atoms with Gasteiger partial charge < -0.3 is 10.1 Å². The molecule has 0 radical (unpaired) electrons. The van der Waals surface area contributed by atoms with E-state index in [-0.39, 0.29) is 6.04 Å². The first-order valence-corrected chi connectivity index (χ1v) is 5.04. The zero-order valence-electron chi connectivity index (χ0n) is 7.88. The third-order valence-corrected chi connectivity index (χ3v) is 2.56. The van der Waals surface area contributed by atoms with Gasteiger partial charge in [-0.05, 0) is 19.8 Å². The highest BCUT2D eigenvalue weighted by molar-refractivity contribution is 5.56. The first-order valence-electron chi connectivity index (χ1n) is 5.04. The second kappa shape index (κ2) is 5.31. The Balaban J connectivity index is 2.24. The second-order valence-electron chi connectivity index (χ2n) is 3.78. The molecule has 1 atom stereocenters. The minimum absolute atomic E-state index is 0.0353. The van der Waals surface area contributed by atoms with E-state index in [0.717, 1.165) is 6.29 Å². The molecule has 1 rings (SSSR count). The van der Waals surface area contributed by atoms with Gasteiger partial charge in [0.2, 0.25) is 0 Å². The third-order valence-electron chi connectivity index (χ3n) is 2.56. The first kappa shape index (κ1) is 9.72. The highest BCUT2D eigenvalue weighted by atomic mass is 16.1. The van der Waals surface area contributed by atoms with E-state index in [1.165, 1.54) is 38.5 Å². The largest absolute Gasteiger partial charge is 0.305 e. The molecule has 0 aliphatic heterocycles. The Morgan fingerprint density at radius 3 is 2.33 bits per heavy atom. The lowest BCUT2D eigenvalue weighted by atomic mass is 10.1. The van der Waals surface area contributed by atoms with Gasteiger partial charge in [-0.1, -0.05) is 25.7 Å². The Labute approximate surface area is 74.7 Å². The second-order valence-corrected chi connectivity index (χ2v) is 3.78. The van der Waals surface area contributed by atoms with Gasteiger partial charge in [0, 0.05) is 6.04 Å². The monoisotopic (exact) mass is 169 g/mol. The summed E-state index contributed by atoms with van der Waals surface area (Å²) in [5.74, 6) is 0. The van der Waals surface area contributed by atoms with Crippen molar-refractivity contribution in [3.8, 4) is 0 Å². The molecule has 1 unspecified atom stereocenters. The summed E-state index contributed by atoms with van der Waals surface area (Å²) in [5.41, 5.74) is 0. The molecule has 0 spiro atoms. The maximum absolute atomic E-state index is 10.4. The summed E-state index contributed by atoms with van der Waals surface area (Å²) in [6.07, 6.45) is 8.87. The molecule has 1 aliphatic rings. The fraction of sp³-hybridized carbons (Fsp3) is 0.900. The predicted molar refractivity (Wildman–Crippen MR) is 50.2 cm³/mol. The number of nitrogens with one attached hydrogen (secondary N) is 1. The molecule has 2 nitrogen and oxygen atoms in total.